The van der Waals surface area contributed by atoms with Crippen molar-refractivity contribution in [1.82, 2.24) is 9.55 Å². The molecule has 0 aliphatic heterocycles. The van der Waals surface area contributed by atoms with Gasteiger partial charge in [0.2, 0.25) is 0 Å². The van der Waals surface area contributed by atoms with Crippen molar-refractivity contribution in [3.05, 3.63) is 33.5 Å². The molecule has 0 amide bonds. The Balaban J connectivity index is 2.81. The topological polar surface area (TPSA) is 34.9 Å². The highest BCUT2D eigenvalue weighted by molar-refractivity contribution is 5.55. The van der Waals surface area contributed by atoms with Crippen LogP contribution in [0.2, 0.25) is 0 Å². The van der Waals surface area contributed by atoms with Gasteiger partial charge in [-0.3, -0.25) is 9.36 Å². The van der Waals surface area contributed by atoms with E-state index in [1.165, 1.54) is 0 Å². The van der Waals surface area contributed by atoms with E-state index in [-0.39, 0.29) is 5.56 Å². The Labute approximate surface area is 70.4 Å². The molecule has 1 aliphatic rings. The highest BCUT2D eigenvalue weighted by Crippen LogP contribution is 2.12. The van der Waals surface area contributed by atoms with E-state index in [2.05, 4.69) is 4.98 Å². The number of hydrogen-bond acceptors (Lipinski definition) is 2. The summed E-state index contributed by atoms with van der Waals surface area (Å²) in [4.78, 5) is 15.9. The third kappa shape index (κ3) is 0.826. The molecule has 12 heavy (non-hydrogen) atoms. The minimum absolute atomic E-state index is 0.0856. The summed E-state index contributed by atoms with van der Waals surface area (Å²) in [6.07, 6.45) is 4.61. The summed E-state index contributed by atoms with van der Waals surface area (Å²) in [5, 5.41) is 0. The highest BCUT2D eigenvalue weighted by Gasteiger charge is 2.12. The van der Waals surface area contributed by atoms with Gasteiger partial charge in [-0.25, -0.2) is 4.98 Å². The third-order valence-corrected chi connectivity index (χ3v) is 2.24. The fourth-order valence-corrected chi connectivity index (χ4v) is 1.39. The Kier molecular flexibility index (Phi) is 1.40. The van der Waals surface area contributed by atoms with Crippen LogP contribution in [-0.2, 0) is 13.5 Å². The summed E-state index contributed by atoms with van der Waals surface area (Å²) in [5.74, 6) is 0.769. The molecule has 0 atom stereocenters. The number of aromatic nitrogens is 2. The summed E-state index contributed by atoms with van der Waals surface area (Å²) >= 11 is 0. The maximum Gasteiger partial charge on any atom is 0.257 e. The molecule has 1 aromatic rings. The first-order valence-corrected chi connectivity index (χ1v) is 3.93. The number of allylic oxidation sites excluding steroid dienone is 1. The van der Waals surface area contributed by atoms with Gasteiger partial charge in [0.1, 0.15) is 5.82 Å². The number of fused-ring (bicyclic) bond motifs is 1. The summed E-state index contributed by atoms with van der Waals surface area (Å²) < 4.78 is 1.59. The zero-order valence-corrected chi connectivity index (χ0v) is 7.16. The van der Waals surface area contributed by atoms with Gasteiger partial charge in [-0.15, -0.1) is 0 Å². The molecule has 1 aliphatic carbocycles. The molecule has 0 aromatic carbocycles. The van der Waals surface area contributed by atoms with Gasteiger partial charge in [0.05, 0.1) is 5.69 Å². The lowest BCUT2D eigenvalue weighted by Gasteiger charge is -2.04. The number of nitrogens with zero attached hydrogens (tertiary/aromatic N) is 2. The lowest BCUT2D eigenvalue weighted by atomic mass is 10.2. The van der Waals surface area contributed by atoms with Crippen molar-refractivity contribution in [3.8, 4) is 0 Å². The molecular weight excluding hydrogens is 152 g/mol. The van der Waals surface area contributed by atoms with Gasteiger partial charge in [0.15, 0.2) is 0 Å². The average molecular weight is 162 g/mol. The van der Waals surface area contributed by atoms with Gasteiger partial charge in [0, 0.05) is 12.6 Å². The molecule has 0 saturated carbocycles. The van der Waals surface area contributed by atoms with E-state index in [1.807, 2.05) is 19.1 Å². The van der Waals surface area contributed by atoms with Crippen molar-refractivity contribution in [2.75, 3.05) is 0 Å². The van der Waals surface area contributed by atoms with Crippen molar-refractivity contribution in [2.24, 2.45) is 7.05 Å². The van der Waals surface area contributed by atoms with Gasteiger partial charge in [-0.05, 0) is 19.4 Å². The second-order valence-corrected chi connectivity index (χ2v) is 2.99. The van der Waals surface area contributed by atoms with Crippen LogP contribution >= 0.6 is 0 Å². The van der Waals surface area contributed by atoms with Crippen LogP contribution in [-0.4, -0.2) is 9.55 Å². The van der Waals surface area contributed by atoms with Crippen molar-refractivity contribution in [3.63, 3.8) is 0 Å². The summed E-state index contributed by atoms with van der Waals surface area (Å²) in [5.41, 5.74) is 1.75. The summed E-state index contributed by atoms with van der Waals surface area (Å²) in [7, 11) is 1.75. The fraction of sp³-hybridized carbons (Fsp3) is 0.333. The first-order valence-electron chi connectivity index (χ1n) is 3.93. The molecule has 62 valence electrons. The van der Waals surface area contributed by atoms with Gasteiger partial charge in [0.25, 0.3) is 5.56 Å². The smallest absolute Gasteiger partial charge is 0.257 e. The third-order valence-electron chi connectivity index (χ3n) is 2.24. The van der Waals surface area contributed by atoms with Gasteiger partial charge in [-0.1, -0.05) is 6.08 Å². The zero-order valence-electron chi connectivity index (χ0n) is 7.16. The molecule has 0 fully saturated rings. The standard InChI is InChI=1S/C9H10N2O/c1-6-10-8-5-3-4-7(8)9(12)11(6)2/h3,5H,4H2,1-2H3. The zero-order chi connectivity index (χ0) is 8.72. The normalized spacial score (nSPS) is 13.5. The van der Waals surface area contributed by atoms with E-state index >= 15 is 0 Å². The van der Waals surface area contributed by atoms with Crippen molar-refractivity contribution in [1.29, 1.82) is 0 Å². The van der Waals surface area contributed by atoms with Gasteiger partial charge >= 0.3 is 0 Å². The summed E-state index contributed by atoms with van der Waals surface area (Å²) in [6, 6.07) is 0. The number of rotatable bonds is 0. The molecule has 0 radical (unpaired) electrons. The van der Waals surface area contributed by atoms with Crippen LogP contribution in [0.25, 0.3) is 6.08 Å². The Bertz CT molecular complexity index is 415. The fourth-order valence-electron chi connectivity index (χ4n) is 1.39. The van der Waals surface area contributed by atoms with E-state index in [0.717, 1.165) is 23.5 Å². The maximum atomic E-state index is 11.6. The second-order valence-electron chi connectivity index (χ2n) is 2.99. The minimum atomic E-state index is 0.0856. The molecule has 1 aromatic heterocycles. The van der Waals surface area contributed by atoms with E-state index in [4.69, 9.17) is 0 Å². The molecule has 0 unspecified atom stereocenters. The predicted molar refractivity (Wildman–Crippen MR) is 47.0 cm³/mol. The first-order chi connectivity index (χ1) is 5.70. The van der Waals surface area contributed by atoms with E-state index in [0.29, 0.717) is 0 Å². The number of aryl methyl sites for hydroxylation is 1. The lowest BCUT2D eigenvalue weighted by Crippen LogP contribution is -2.24. The Morgan fingerprint density at radius 3 is 3.08 bits per heavy atom. The van der Waals surface area contributed by atoms with Crippen molar-refractivity contribution < 1.29 is 0 Å². The van der Waals surface area contributed by atoms with Crippen molar-refractivity contribution in [2.45, 2.75) is 13.3 Å². The molecule has 3 heteroatoms. The minimum Gasteiger partial charge on any atom is -0.300 e. The predicted octanol–water partition coefficient (Wildman–Crippen LogP) is 0.658. The first kappa shape index (κ1) is 7.28. The Hall–Kier alpha value is -1.38. The molecule has 0 N–H and O–H groups in total. The number of hydrogen-bond donors (Lipinski definition) is 0. The van der Waals surface area contributed by atoms with Crippen LogP contribution in [0.4, 0.5) is 0 Å². The monoisotopic (exact) mass is 162 g/mol. The Morgan fingerprint density at radius 1 is 1.58 bits per heavy atom. The highest BCUT2D eigenvalue weighted by atomic mass is 16.1. The SMILES string of the molecule is Cc1nc2c(c(=O)n1C)CC=C2. The Morgan fingerprint density at radius 2 is 2.33 bits per heavy atom. The maximum absolute atomic E-state index is 11.6. The van der Waals surface area contributed by atoms with Crippen LogP contribution in [0.3, 0.4) is 0 Å². The van der Waals surface area contributed by atoms with Crippen LogP contribution in [0.15, 0.2) is 10.9 Å². The van der Waals surface area contributed by atoms with E-state index in [1.54, 1.807) is 11.6 Å². The lowest BCUT2D eigenvalue weighted by molar-refractivity contribution is 0.759. The van der Waals surface area contributed by atoms with Crippen molar-refractivity contribution >= 4 is 6.08 Å². The second kappa shape index (κ2) is 2.30. The van der Waals surface area contributed by atoms with E-state index < -0.39 is 0 Å². The largest absolute Gasteiger partial charge is 0.300 e. The molecule has 0 spiro atoms. The van der Waals surface area contributed by atoms with Gasteiger partial charge < -0.3 is 0 Å². The molecule has 0 bridgehead atoms. The van der Waals surface area contributed by atoms with Gasteiger partial charge in [-0.2, -0.15) is 0 Å². The summed E-state index contributed by atoms with van der Waals surface area (Å²) in [6.45, 7) is 1.84. The molecule has 1 heterocycles. The quantitative estimate of drug-likeness (QED) is 0.561. The molecule has 2 rings (SSSR count). The van der Waals surface area contributed by atoms with E-state index in [9.17, 15) is 4.79 Å². The van der Waals surface area contributed by atoms with Crippen LogP contribution in [0.1, 0.15) is 17.1 Å². The molecular formula is C9H10N2O. The van der Waals surface area contributed by atoms with Crippen LogP contribution < -0.4 is 5.56 Å². The van der Waals surface area contributed by atoms with Crippen LogP contribution in [0, 0.1) is 6.92 Å². The average Bonchev–Trinajstić information content (AvgIpc) is 2.48. The van der Waals surface area contributed by atoms with Crippen LogP contribution in [0.5, 0.6) is 0 Å². The molecule has 3 nitrogen and oxygen atoms in total. The molecule has 0 saturated heterocycles.